The summed E-state index contributed by atoms with van der Waals surface area (Å²) in [6.07, 6.45) is 5.45. The number of carbonyl (C=O) groups excluding carboxylic acids is 1. The van der Waals surface area contributed by atoms with E-state index in [1.807, 2.05) is 0 Å². The molecule has 6 nitrogen and oxygen atoms in total. The van der Waals surface area contributed by atoms with Gasteiger partial charge in [-0.3, -0.25) is 0 Å². The summed E-state index contributed by atoms with van der Waals surface area (Å²) in [5.41, 5.74) is 0. The Morgan fingerprint density at radius 3 is 1.76 bits per heavy atom. The van der Waals surface area contributed by atoms with Crippen LogP contribution in [0.5, 0.6) is 0 Å². The summed E-state index contributed by atoms with van der Waals surface area (Å²) in [6.45, 7) is 13.1. The first-order valence-electron chi connectivity index (χ1n) is 9.28. The Morgan fingerprint density at radius 2 is 1.32 bits per heavy atom. The Morgan fingerprint density at radius 1 is 0.800 bits per heavy atom. The number of carboxylic acid groups (broad SMARTS) is 1. The van der Waals surface area contributed by atoms with Crippen LogP contribution in [-0.2, 0) is 23.7 Å². The molecule has 25 heavy (non-hydrogen) atoms. The number of methoxy groups -OCH3 is 1. The van der Waals surface area contributed by atoms with Gasteiger partial charge in [-0.25, -0.2) is 0 Å². The maximum absolute atomic E-state index is 9.93. The predicted molar refractivity (Wildman–Crippen MR) is 103 cm³/mol. The van der Waals surface area contributed by atoms with Gasteiger partial charge in [-0.1, -0.05) is 0 Å². The van der Waals surface area contributed by atoms with Crippen molar-refractivity contribution in [3.05, 3.63) is 0 Å². The van der Waals surface area contributed by atoms with E-state index in [0.717, 1.165) is 13.2 Å². The highest BCUT2D eigenvalue weighted by Gasteiger charge is 2.30. The largest absolute Gasteiger partial charge is 0.550 e. The molecule has 0 aromatic heterocycles. The summed E-state index contributed by atoms with van der Waals surface area (Å²) in [4.78, 5) is 9.93. The first-order chi connectivity index (χ1) is 12.0. The fourth-order valence-electron chi connectivity index (χ4n) is 2.17. The van der Waals surface area contributed by atoms with Gasteiger partial charge in [0.25, 0.3) is 0 Å². The minimum absolute atomic E-state index is 0.0714. The fraction of sp³-hybridized carbons (Fsp3) is 0.944. The number of ether oxygens (including phenoxy) is 4. The molecule has 0 saturated heterocycles. The van der Waals surface area contributed by atoms with Crippen LogP contribution in [-0.4, -0.2) is 84.0 Å². The highest BCUT2D eigenvalue weighted by Crippen LogP contribution is 2.57. The number of rotatable bonds is 16. The number of carboxylic acids is 1. The number of aliphatic carboxylic acids is 1. The van der Waals surface area contributed by atoms with E-state index < -0.39 is 13.2 Å². The Kier molecular flexibility index (Phi) is 21.6. The van der Waals surface area contributed by atoms with Crippen molar-refractivity contribution in [2.75, 3.05) is 78.0 Å². The van der Waals surface area contributed by atoms with Gasteiger partial charge in [0.1, 0.15) is 0 Å². The Labute approximate surface area is 154 Å². The van der Waals surface area contributed by atoms with E-state index in [1.54, 1.807) is 7.11 Å². The predicted octanol–water partition coefficient (Wildman–Crippen LogP) is 1.91. The maximum Gasteiger partial charge on any atom is 0.0827 e. The van der Waals surface area contributed by atoms with Crippen LogP contribution < -0.4 is 5.11 Å². The van der Waals surface area contributed by atoms with E-state index in [2.05, 4.69) is 27.7 Å². The van der Waals surface area contributed by atoms with Crippen LogP contribution in [0.3, 0.4) is 0 Å². The average molecular weight is 382 g/mol. The fourth-order valence-corrected chi connectivity index (χ4v) is 4.97. The molecule has 0 atom stereocenters. The summed E-state index contributed by atoms with van der Waals surface area (Å²) in [7, 11) is 1.00. The lowest BCUT2D eigenvalue weighted by molar-refractivity contribution is -0.306. The van der Waals surface area contributed by atoms with E-state index in [1.165, 1.54) is 24.6 Å². The molecule has 0 fully saturated rings. The summed E-state index contributed by atoms with van der Waals surface area (Å²) in [5.74, 6) is -1.10. The quantitative estimate of drug-likeness (QED) is 0.300. The summed E-state index contributed by atoms with van der Waals surface area (Å²) in [5, 5.41) is 9.93. The van der Waals surface area contributed by atoms with Crippen molar-refractivity contribution in [2.24, 2.45) is 0 Å². The van der Waals surface area contributed by atoms with E-state index in [9.17, 15) is 9.90 Å². The highest BCUT2D eigenvalue weighted by atomic mass is 31.2. The van der Waals surface area contributed by atoms with Gasteiger partial charge in [0.2, 0.25) is 0 Å². The van der Waals surface area contributed by atoms with Crippen LogP contribution in [0.25, 0.3) is 0 Å². The summed E-state index contributed by atoms with van der Waals surface area (Å²) in [6, 6.07) is 0. The Bertz CT molecular complexity index is 276. The molecule has 0 unspecified atom stereocenters. The Balaban J connectivity index is 0. The van der Waals surface area contributed by atoms with Gasteiger partial charge in [-0.05, 0) is 27.7 Å². The molecule has 0 aliphatic rings. The minimum Gasteiger partial charge on any atom is -0.550 e. The van der Waals surface area contributed by atoms with Crippen LogP contribution >= 0.6 is 7.26 Å². The Hall–Kier alpha value is -0.260. The van der Waals surface area contributed by atoms with Crippen LogP contribution in [0.15, 0.2) is 0 Å². The zero-order valence-electron chi connectivity index (χ0n) is 16.9. The molecule has 152 valence electrons. The molecule has 0 rings (SSSR count). The standard InChI is InChI=1S/C10H24OP.C8H16O5/c1-5-11-9-10-12(6-2,7-3)8-4;1-11-4-5-13-7-6-12-3-2-8(9)10/h5-10H2,1-4H3;2-7H2,1H3,(H,9,10)/q+1;/p-1. The number of carbonyl (C=O) groups is 1. The molecule has 0 amide bonds. The maximum atomic E-state index is 9.93. The second-order valence-corrected chi connectivity index (χ2v) is 10.6. The van der Waals surface area contributed by atoms with Gasteiger partial charge in [-0.15, -0.1) is 0 Å². The lowest BCUT2D eigenvalue weighted by atomic mass is 10.5. The average Bonchev–Trinajstić information content (AvgIpc) is 2.62. The second-order valence-electron chi connectivity index (χ2n) is 5.55. The monoisotopic (exact) mass is 382 g/mol. The topological polar surface area (TPSA) is 77.0 Å². The van der Waals surface area contributed by atoms with E-state index in [4.69, 9.17) is 18.9 Å². The van der Waals surface area contributed by atoms with E-state index >= 15 is 0 Å². The van der Waals surface area contributed by atoms with Gasteiger partial charge >= 0.3 is 0 Å². The molecule has 0 bridgehead atoms. The first kappa shape index (κ1) is 27.0. The van der Waals surface area contributed by atoms with Crippen LogP contribution in [0.1, 0.15) is 34.1 Å². The van der Waals surface area contributed by atoms with Gasteiger partial charge in [0.15, 0.2) is 0 Å². The number of hydrogen-bond donors (Lipinski definition) is 0. The molecule has 0 aromatic rings. The molecule has 0 spiro atoms. The number of hydrogen-bond acceptors (Lipinski definition) is 6. The van der Waals surface area contributed by atoms with Gasteiger partial charge in [-0.2, -0.15) is 0 Å². The van der Waals surface area contributed by atoms with Crippen molar-refractivity contribution in [3.63, 3.8) is 0 Å². The van der Waals surface area contributed by atoms with Gasteiger partial charge < -0.3 is 28.8 Å². The van der Waals surface area contributed by atoms with Crippen molar-refractivity contribution in [2.45, 2.75) is 34.1 Å². The van der Waals surface area contributed by atoms with Crippen molar-refractivity contribution in [3.8, 4) is 0 Å². The zero-order chi connectivity index (χ0) is 19.4. The van der Waals surface area contributed by atoms with Crippen LogP contribution in [0, 0.1) is 0 Å². The normalized spacial score (nSPS) is 11.1. The van der Waals surface area contributed by atoms with Crippen LogP contribution in [0.2, 0.25) is 0 Å². The lowest BCUT2D eigenvalue weighted by Gasteiger charge is -2.23. The molecule has 0 saturated carbocycles. The molecule has 0 aliphatic heterocycles. The first-order valence-corrected chi connectivity index (χ1v) is 11.8. The zero-order valence-corrected chi connectivity index (χ0v) is 17.8. The van der Waals surface area contributed by atoms with E-state index in [-0.39, 0.29) is 13.0 Å². The van der Waals surface area contributed by atoms with Crippen LogP contribution in [0.4, 0.5) is 0 Å². The third-order valence-corrected chi connectivity index (χ3v) is 9.34. The molecule has 0 radical (unpaired) electrons. The molecule has 0 aliphatic carbocycles. The molecular formula is C18H39O6P. The van der Waals surface area contributed by atoms with Crippen molar-refractivity contribution < 1.29 is 28.8 Å². The minimum atomic E-state index is -1.10. The third kappa shape index (κ3) is 18.3. The SMILES string of the molecule is CCOCC[P+](CC)(CC)CC.COCCOCCOCCC(=O)[O-]. The third-order valence-electron chi connectivity index (χ3n) is 4.18. The molecule has 0 aromatic carbocycles. The summed E-state index contributed by atoms with van der Waals surface area (Å²) >= 11 is 0. The highest BCUT2D eigenvalue weighted by molar-refractivity contribution is 7.75. The van der Waals surface area contributed by atoms with Crippen molar-refractivity contribution in [1.82, 2.24) is 0 Å². The van der Waals surface area contributed by atoms with Crippen molar-refractivity contribution >= 4 is 13.2 Å². The molecular weight excluding hydrogens is 343 g/mol. The molecule has 0 N–H and O–H groups in total. The van der Waals surface area contributed by atoms with Crippen molar-refractivity contribution in [1.29, 1.82) is 0 Å². The smallest absolute Gasteiger partial charge is 0.0827 e. The summed E-state index contributed by atoms with van der Waals surface area (Å²) < 4.78 is 20.2. The second kappa shape index (κ2) is 20.1. The lowest BCUT2D eigenvalue weighted by Crippen LogP contribution is -2.23. The van der Waals surface area contributed by atoms with Gasteiger partial charge in [0.05, 0.1) is 64.3 Å². The van der Waals surface area contributed by atoms with Gasteiger partial charge in [0, 0.05) is 33.4 Å². The molecule has 0 heterocycles. The van der Waals surface area contributed by atoms with E-state index in [0.29, 0.717) is 26.4 Å². The molecule has 7 heteroatoms.